The molecule has 1 heterocycles. The molecule has 1 aromatic heterocycles. The maximum atomic E-state index is 11.2. The highest BCUT2D eigenvalue weighted by Gasteiger charge is 2.09. The van der Waals surface area contributed by atoms with Gasteiger partial charge in [0.1, 0.15) is 0 Å². The first kappa shape index (κ1) is 9.46. The molecule has 0 saturated heterocycles. The van der Waals surface area contributed by atoms with Crippen molar-refractivity contribution in [3.8, 4) is 0 Å². The number of Topliss-reactive ketones (excluding diaryl/α,β-unsaturated/α-hetero) is 1. The number of carbonyl (C=O) groups excluding carboxylic acids is 1. The van der Waals surface area contributed by atoms with Crippen LogP contribution in [0.4, 0.5) is 0 Å². The molecule has 0 fully saturated rings. The Morgan fingerprint density at radius 3 is 2.42 bits per heavy atom. The Balaban J connectivity index is 3.08. The Bertz CT molecular complexity index is 286. The molecule has 0 aromatic carbocycles. The average Bonchev–Trinajstić information content (AvgIpc) is 2.47. The molecule has 0 aliphatic carbocycles. The molecule has 0 bridgehead atoms. The molecule has 1 aromatic rings. The molecule has 1 nitrogen and oxygen atoms in total. The molecule has 0 aliphatic rings. The van der Waals surface area contributed by atoms with Crippen LogP contribution >= 0.6 is 11.3 Å². The second-order valence-corrected chi connectivity index (χ2v) is 4.03. The van der Waals surface area contributed by atoms with Gasteiger partial charge in [0.2, 0.25) is 0 Å². The first-order valence-electron chi connectivity index (χ1n) is 4.31. The highest BCUT2D eigenvalue weighted by atomic mass is 32.1. The largest absolute Gasteiger partial charge is 0.294 e. The molecule has 0 atom stereocenters. The van der Waals surface area contributed by atoms with Gasteiger partial charge < -0.3 is 0 Å². The Labute approximate surface area is 77.4 Å². The van der Waals surface area contributed by atoms with Crippen molar-refractivity contribution in [3.63, 3.8) is 0 Å². The van der Waals surface area contributed by atoms with E-state index >= 15 is 0 Å². The summed E-state index contributed by atoms with van der Waals surface area (Å²) in [5.74, 6) is 0.197. The zero-order valence-electron chi connectivity index (χ0n) is 7.81. The number of hydrogen-bond donors (Lipinski definition) is 0. The standard InChI is InChI=1S/C10H14OS/c1-4-8-6-9(7(3)11)10(5-2)12-8/h6H,4-5H2,1-3H3. The second-order valence-electron chi connectivity index (χ2n) is 2.81. The third-order valence-corrected chi connectivity index (χ3v) is 3.33. The van der Waals surface area contributed by atoms with Gasteiger partial charge in [-0.25, -0.2) is 0 Å². The Morgan fingerprint density at radius 1 is 1.42 bits per heavy atom. The van der Waals surface area contributed by atoms with Gasteiger partial charge in [-0.1, -0.05) is 13.8 Å². The SMILES string of the molecule is CCc1cc(C(C)=O)c(CC)s1. The predicted octanol–water partition coefficient (Wildman–Crippen LogP) is 3.08. The zero-order chi connectivity index (χ0) is 9.14. The third kappa shape index (κ3) is 1.75. The second kappa shape index (κ2) is 3.85. The molecule has 0 radical (unpaired) electrons. The fourth-order valence-corrected chi connectivity index (χ4v) is 2.31. The summed E-state index contributed by atoms with van der Waals surface area (Å²) in [4.78, 5) is 13.7. The maximum Gasteiger partial charge on any atom is 0.160 e. The van der Waals surface area contributed by atoms with Gasteiger partial charge in [-0.3, -0.25) is 4.79 Å². The lowest BCUT2D eigenvalue weighted by atomic mass is 10.1. The van der Waals surface area contributed by atoms with Crippen molar-refractivity contribution in [1.82, 2.24) is 0 Å². The van der Waals surface area contributed by atoms with Crippen molar-refractivity contribution in [3.05, 3.63) is 21.4 Å². The van der Waals surface area contributed by atoms with E-state index in [0.717, 1.165) is 18.4 Å². The highest BCUT2D eigenvalue weighted by Crippen LogP contribution is 2.23. The summed E-state index contributed by atoms with van der Waals surface area (Å²) in [5, 5.41) is 0. The van der Waals surface area contributed by atoms with Crippen LogP contribution in [0.2, 0.25) is 0 Å². The number of rotatable bonds is 3. The van der Waals surface area contributed by atoms with E-state index in [1.807, 2.05) is 6.07 Å². The van der Waals surface area contributed by atoms with Crippen molar-refractivity contribution in [2.24, 2.45) is 0 Å². The topological polar surface area (TPSA) is 17.1 Å². The summed E-state index contributed by atoms with van der Waals surface area (Å²) >= 11 is 1.77. The van der Waals surface area contributed by atoms with Gasteiger partial charge >= 0.3 is 0 Å². The van der Waals surface area contributed by atoms with Gasteiger partial charge in [-0.15, -0.1) is 11.3 Å². The summed E-state index contributed by atoms with van der Waals surface area (Å²) in [5.41, 5.74) is 0.930. The molecule has 0 N–H and O–H groups in total. The van der Waals surface area contributed by atoms with Crippen molar-refractivity contribution >= 4 is 17.1 Å². The predicted molar refractivity (Wildman–Crippen MR) is 53.1 cm³/mol. The molecule has 0 saturated carbocycles. The monoisotopic (exact) mass is 182 g/mol. The van der Waals surface area contributed by atoms with Gasteiger partial charge in [0.25, 0.3) is 0 Å². The van der Waals surface area contributed by atoms with Crippen molar-refractivity contribution in [2.45, 2.75) is 33.6 Å². The lowest BCUT2D eigenvalue weighted by Gasteiger charge is -1.92. The van der Waals surface area contributed by atoms with Crippen LogP contribution in [0.1, 0.15) is 40.9 Å². The van der Waals surface area contributed by atoms with E-state index < -0.39 is 0 Å². The van der Waals surface area contributed by atoms with E-state index in [4.69, 9.17) is 0 Å². The minimum Gasteiger partial charge on any atom is -0.294 e. The molecule has 66 valence electrons. The lowest BCUT2D eigenvalue weighted by molar-refractivity contribution is 0.101. The van der Waals surface area contributed by atoms with E-state index in [2.05, 4.69) is 13.8 Å². The van der Waals surface area contributed by atoms with E-state index in [1.165, 1.54) is 9.75 Å². The first-order chi connectivity index (χ1) is 5.69. The quantitative estimate of drug-likeness (QED) is 0.656. The van der Waals surface area contributed by atoms with E-state index in [9.17, 15) is 4.79 Å². The van der Waals surface area contributed by atoms with Crippen LogP contribution in [0.25, 0.3) is 0 Å². The molecule has 0 spiro atoms. The molecular formula is C10H14OS. The maximum absolute atomic E-state index is 11.2. The molecule has 12 heavy (non-hydrogen) atoms. The normalized spacial score (nSPS) is 10.2. The summed E-state index contributed by atoms with van der Waals surface area (Å²) in [6.07, 6.45) is 2.00. The van der Waals surface area contributed by atoms with Crippen LogP contribution in [0, 0.1) is 0 Å². The summed E-state index contributed by atoms with van der Waals surface area (Å²) in [7, 11) is 0. The number of aryl methyl sites for hydroxylation is 2. The van der Waals surface area contributed by atoms with Gasteiger partial charge in [0.05, 0.1) is 0 Å². The van der Waals surface area contributed by atoms with Crippen LogP contribution in [0.3, 0.4) is 0 Å². The van der Waals surface area contributed by atoms with Crippen molar-refractivity contribution < 1.29 is 4.79 Å². The third-order valence-electron chi connectivity index (χ3n) is 1.91. The average molecular weight is 182 g/mol. The smallest absolute Gasteiger partial charge is 0.160 e. The zero-order valence-corrected chi connectivity index (χ0v) is 8.62. The minimum absolute atomic E-state index is 0.197. The Morgan fingerprint density at radius 2 is 2.08 bits per heavy atom. The van der Waals surface area contributed by atoms with Crippen molar-refractivity contribution in [1.29, 1.82) is 0 Å². The number of thiophene rings is 1. The molecule has 1 rings (SSSR count). The summed E-state index contributed by atoms with van der Waals surface area (Å²) < 4.78 is 0. The molecule has 0 aliphatic heterocycles. The molecular weight excluding hydrogens is 168 g/mol. The number of carbonyl (C=O) groups is 1. The molecule has 0 unspecified atom stereocenters. The van der Waals surface area contributed by atoms with Crippen LogP contribution in [0.5, 0.6) is 0 Å². The fourth-order valence-electron chi connectivity index (χ4n) is 1.22. The van der Waals surface area contributed by atoms with Gasteiger partial charge in [0, 0.05) is 15.3 Å². The van der Waals surface area contributed by atoms with E-state index in [-0.39, 0.29) is 5.78 Å². The summed E-state index contributed by atoms with van der Waals surface area (Å²) in [6.45, 7) is 5.85. The highest BCUT2D eigenvalue weighted by molar-refractivity contribution is 7.12. The molecule has 0 amide bonds. The van der Waals surface area contributed by atoms with Gasteiger partial charge in [-0.05, 0) is 25.8 Å². The van der Waals surface area contributed by atoms with Crippen LogP contribution in [-0.2, 0) is 12.8 Å². The number of hydrogen-bond acceptors (Lipinski definition) is 2. The Kier molecular flexibility index (Phi) is 3.04. The van der Waals surface area contributed by atoms with E-state index in [1.54, 1.807) is 18.3 Å². The van der Waals surface area contributed by atoms with Crippen LogP contribution in [-0.4, -0.2) is 5.78 Å². The minimum atomic E-state index is 0.197. The van der Waals surface area contributed by atoms with E-state index in [0.29, 0.717) is 0 Å². The first-order valence-corrected chi connectivity index (χ1v) is 5.13. The number of ketones is 1. The van der Waals surface area contributed by atoms with Crippen LogP contribution in [0.15, 0.2) is 6.07 Å². The Hall–Kier alpha value is -0.630. The van der Waals surface area contributed by atoms with Crippen LogP contribution < -0.4 is 0 Å². The lowest BCUT2D eigenvalue weighted by Crippen LogP contribution is -1.92. The fraction of sp³-hybridized carbons (Fsp3) is 0.500. The summed E-state index contributed by atoms with van der Waals surface area (Å²) in [6, 6.07) is 2.03. The molecule has 2 heteroatoms. The van der Waals surface area contributed by atoms with Gasteiger partial charge in [0.15, 0.2) is 5.78 Å². The van der Waals surface area contributed by atoms with Gasteiger partial charge in [-0.2, -0.15) is 0 Å². The van der Waals surface area contributed by atoms with Crippen molar-refractivity contribution in [2.75, 3.05) is 0 Å².